The lowest BCUT2D eigenvalue weighted by molar-refractivity contribution is -0.274. The van der Waals surface area contributed by atoms with E-state index in [0.29, 0.717) is 24.3 Å². The lowest BCUT2D eigenvalue weighted by Crippen LogP contribution is -2.54. The number of carboxylic acid groups (broad SMARTS) is 1. The molecule has 0 aliphatic carbocycles. The Morgan fingerprint density at radius 2 is 1.84 bits per heavy atom. The zero-order chi connectivity index (χ0) is 22.8. The van der Waals surface area contributed by atoms with E-state index >= 15 is 0 Å². The third-order valence-corrected chi connectivity index (χ3v) is 6.87. The Balaban J connectivity index is 1.72. The molecule has 1 N–H and O–H groups in total. The Kier molecular flexibility index (Phi) is 6.46. The van der Waals surface area contributed by atoms with Crippen LogP contribution in [0, 0.1) is 0 Å². The van der Waals surface area contributed by atoms with Crippen LogP contribution < -0.4 is 9.64 Å². The molecule has 0 amide bonds. The summed E-state index contributed by atoms with van der Waals surface area (Å²) in [5.41, 5.74) is 1.04. The maximum absolute atomic E-state index is 13.1. The standard InChI is InChI=1S/C20H21F3N2O5S/c1-14-13-24(16-5-7-17(8-6-16)30-20(21,22)23)9-10-25(14)31(28,29)18-4-2-3-15(11-18)12-19(26)27/h2-8,11,14H,9-10,12-13H2,1H3,(H,26,27). The Bertz CT molecular complexity index is 1040. The number of benzene rings is 2. The molecule has 7 nitrogen and oxygen atoms in total. The normalized spacial score (nSPS) is 18.1. The number of aliphatic carboxylic acids is 1. The fraction of sp³-hybridized carbons (Fsp3) is 0.350. The van der Waals surface area contributed by atoms with Crippen molar-refractivity contribution in [3.63, 3.8) is 0 Å². The Morgan fingerprint density at radius 3 is 2.42 bits per heavy atom. The summed E-state index contributed by atoms with van der Waals surface area (Å²) in [5, 5.41) is 8.93. The lowest BCUT2D eigenvalue weighted by Gasteiger charge is -2.40. The van der Waals surface area contributed by atoms with Crippen molar-refractivity contribution < 1.29 is 36.2 Å². The topological polar surface area (TPSA) is 87.2 Å². The van der Waals surface area contributed by atoms with Crippen LogP contribution in [0.25, 0.3) is 0 Å². The maximum Gasteiger partial charge on any atom is 0.573 e. The number of carbonyl (C=O) groups is 1. The highest BCUT2D eigenvalue weighted by Crippen LogP contribution is 2.28. The molecule has 2 aromatic rings. The first-order chi connectivity index (χ1) is 14.5. The number of piperazine rings is 1. The molecule has 31 heavy (non-hydrogen) atoms. The number of hydrogen-bond donors (Lipinski definition) is 1. The van der Waals surface area contributed by atoms with E-state index in [4.69, 9.17) is 5.11 Å². The number of rotatable bonds is 6. The summed E-state index contributed by atoms with van der Waals surface area (Å²) in [6.07, 6.45) is -5.04. The summed E-state index contributed by atoms with van der Waals surface area (Å²) in [6, 6.07) is 10.9. The van der Waals surface area contributed by atoms with Crippen molar-refractivity contribution in [1.29, 1.82) is 0 Å². The van der Waals surface area contributed by atoms with E-state index in [-0.39, 0.29) is 23.6 Å². The van der Waals surface area contributed by atoms with Crippen molar-refractivity contribution in [2.45, 2.75) is 30.6 Å². The first-order valence-corrected chi connectivity index (χ1v) is 10.8. The number of carboxylic acids is 1. The van der Waals surface area contributed by atoms with Gasteiger partial charge in [0, 0.05) is 31.4 Å². The number of alkyl halides is 3. The zero-order valence-corrected chi connectivity index (χ0v) is 17.4. The summed E-state index contributed by atoms with van der Waals surface area (Å²) < 4.78 is 68.3. The average molecular weight is 458 g/mol. The van der Waals surface area contributed by atoms with Crippen molar-refractivity contribution >= 4 is 21.7 Å². The van der Waals surface area contributed by atoms with Crippen molar-refractivity contribution in [1.82, 2.24) is 4.31 Å². The van der Waals surface area contributed by atoms with E-state index in [2.05, 4.69) is 4.74 Å². The van der Waals surface area contributed by atoms with Gasteiger partial charge in [-0.05, 0) is 48.9 Å². The van der Waals surface area contributed by atoms with Gasteiger partial charge in [0.05, 0.1) is 11.3 Å². The van der Waals surface area contributed by atoms with E-state index in [1.807, 2.05) is 4.90 Å². The van der Waals surface area contributed by atoms with E-state index in [0.717, 1.165) is 0 Å². The highest BCUT2D eigenvalue weighted by atomic mass is 32.2. The summed E-state index contributed by atoms with van der Waals surface area (Å²) in [5.74, 6) is -1.38. The minimum Gasteiger partial charge on any atom is -0.481 e. The van der Waals surface area contributed by atoms with Gasteiger partial charge in [-0.25, -0.2) is 8.42 Å². The van der Waals surface area contributed by atoms with E-state index in [9.17, 15) is 26.4 Å². The highest BCUT2D eigenvalue weighted by molar-refractivity contribution is 7.89. The first kappa shape index (κ1) is 22.9. The van der Waals surface area contributed by atoms with Gasteiger partial charge >= 0.3 is 12.3 Å². The molecule has 168 valence electrons. The fourth-order valence-corrected chi connectivity index (χ4v) is 5.20. The van der Waals surface area contributed by atoms with Crippen LogP contribution in [0.2, 0.25) is 0 Å². The molecule has 1 fully saturated rings. The molecule has 0 saturated carbocycles. The monoisotopic (exact) mass is 458 g/mol. The van der Waals surface area contributed by atoms with E-state index in [1.54, 1.807) is 13.0 Å². The molecule has 0 spiro atoms. The Labute approximate surface area is 177 Å². The van der Waals surface area contributed by atoms with E-state index < -0.39 is 28.4 Å². The summed E-state index contributed by atoms with van der Waals surface area (Å²) in [7, 11) is -3.83. The van der Waals surface area contributed by atoms with Crippen LogP contribution in [0.4, 0.5) is 18.9 Å². The molecule has 0 radical (unpaired) electrons. The predicted molar refractivity (Wildman–Crippen MR) is 106 cm³/mol. The first-order valence-electron chi connectivity index (χ1n) is 9.39. The molecule has 1 unspecified atom stereocenters. The molecular formula is C20H21F3N2O5S. The van der Waals surface area contributed by atoms with Gasteiger partial charge in [0.25, 0.3) is 0 Å². The molecule has 2 aromatic carbocycles. The molecule has 1 atom stereocenters. The van der Waals surface area contributed by atoms with Gasteiger partial charge < -0.3 is 14.7 Å². The Hall–Kier alpha value is -2.79. The van der Waals surface area contributed by atoms with Crippen LogP contribution in [0.15, 0.2) is 53.4 Å². The molecule has 1 aliphatic heterocycles. The summed E-state index contributed by atoms with van der Waals surface area (Å²) in [6.45, 7) is 2.60. The van der Waals surface area contributed by atoms with Crippen LogP contribution in [-0.4, -0.2) is 55.8 Å². The summed E-state index contributed by atoms with van der Waals surface area (Å²) in [4.78, 5) is 12.8. The lowest BCUT2D eigenvalue weighted by atomic mass is 10.2. The third-order valence-electron chi connectivity index (χ3n) is 4.86. The second-order valence-corrected chi connectivity index (χ2v) is 9.06. The number of halogens is 3. The van der Waals surface area contributed by atoms with Gasteiger partial charge in [-0.1, -0.05) is 12.1 Å². The van der Waals surface area contributed by atoms with Gasteiger partial charge in [0.15, 0.2) is 0 Å². The minimum absolute atomic E-state index is 0.0280. The number of hydrogen-bond acceptors (Lipinski definition) is 5. The third kappa shape index (κ3) is 5.67. The number of ether oxygens (including phenoxy) is 1. The number of anilines is 1. The quantitative estimate of drug-likeness (QED) is 0.716. The van der Waals surface area contributed by atoms with Gasteiger partial charge in [-0.2, -0.15) is 4.31 Å². The smallest absolute Gasteiger partial charge is 0.481 e. The SMILES string of the molecule is CC1CN(c2ccc(OC(F)(F)F)cc2)CCN1S(=O)(=O)c1cccc(CC(=O)O)c1. The van der Waals surface area contributed by atoms with Crippen LogP contribution in [0.1, 0.15) is 12.5 Å². The Morgan fingerprint density at radius 1 is 1.16 bits per heavy atom. The van der Waals surface area contributed by atoms with Gasteiger partial charge in [-0.15, -0.1) is 13.2 Å². The molecule has 0 aromatic heterocycles. The van der Waals surface area contributed by atoms with Crippen molar-refractivity contribution in [3.8, 4) is 5.75 Å². The molecule has 1 saturated heterocycles. The molecule has 3 rings (SSSR count). The van der Waals surface area contributed by atoms with Crippen LogP contribution in [0.3, 0.4) is 0 Å². The molecule has 0 bridgehead atoms. The molecule has 1 aliphatic rings. The highest BCUT2D eigenvalue weighted by Gasteiger charge is 2.34. The maximum atomic E-state index is 13.1. The van der Waals surface area contributed by atoms with Gasteiger partial charge in [0.1, 0.15) is 5.75 Å². The van der Waals surface area contributed by atoms with Crippen molar-refractivity contribution in [2.24, 2.45) is 0 Å². The second kappa shape index (κ2) is 8.75. The van der Waals surface area contributed by atoms with Crippen molar-refractivity contribution in [2.75, 3.05) is 24.5 Å². The predicted octanol–water partition coefficient (Wildman–Crippen LogP) is 3.11. The van der Waals surface area contributed by atoms with Crippen molar-refractivity contribution in [3.05, 3.63) is 54.1 Å². The van der Waals surface area contributed by atoms with Crippen LogP contribution in [-0.2, 0) is 21.2 Å². The number of sulfonamides is 1. The van der Waals surface area contributed by atoms with Gasteiger partial charge in [-0.3, -0.25) is 4.79 Å². The molecular weight excluding hydrogens is 437 g/mol. The fourth-order valence-electron chi connectivity index (χ4n) is 3.52. The zero-order valence-electron chi connectivity index (χ0n) is 16.5. The largest absolute Gasteiger partial charge is 0.573 e. The molecule has 1 heterocycles. The number of nitrogens with zero attached hydrogens (tertiary/aromatic N) is 2. The van der Waals surface area contributed by atoms with Crippen LogP contribution in [0.5, 0.6) is 5.75 Å². The minimum atomic E-state index is -4.77. The van der Waals surface area contributed by atoms with Gasteiger partial charge in [0.2, 0.25) is 10.0 Å². The average Bonchev–Trinajstić information content (AvgIpc) is 2.67. The summed E-state index contributed by atoms with van der Waals surface area (Å²) >= 11 is 0. The second-order valence-electron chi connectivity index (χ2n) is 7.17. The van der Waals surface area contributed by atoms with Crippen LogP contribution >= 0.6 is 0 Å². The van der Waals surface area contributed by atoms with E-state index in [1.165, 1.54) is 46.8 Å². The molecule has 11 heteroatoms.